The number of nitrogens with zero attached hydrogens (tertiary/aromatic N) is 1. The minimum absolute atomic E-state index is 0.228. The van der Waals surface area contributed by atoms with Gasteiger partial charge in [-0.05, 0) is 31.9 Å². The van der Waals surface area contributed by atoms with E-state index in [2.05, 4.69) is 10.3 Å². The highest BCUT2D eigenvalue weighted by atomic mass is 32.2. The fourth-order valence-electron chi connectivity index (χ4n) is 2.15. The summed E-state index contributed by atoms with van der Waals surface area (Å²) in [6, 6.07) is 3.91. The van der Waals surface area contributed by atoms with Crippen LogP contribution in [-0.4, -0.2) is 30.4 Å². The van der Waals surface area contributed by atoms with Crippen LogP contribution in [0.3, 0.4) is 0 Å². The molecule has 1 aromatic rings. The smallest absolute Gasteiger partial charge is 0.152 e. The van der Waals surface area contributed by atoms with Gasteiger partial charge < -0.3 is 5.32 Å². The van der Waals surface area contributed by atoms with Crippen LogP contribution in [0.2, 0.25) is 0 Å². The van der Waals surface area contributed by atoms with Crippen molar-refractivity contribution in [3.8, 4) is 0 Å². The van der Waals surface area contributed by atoms with Crippen LogP contribution in [0.1, 0.15) is 24.6 Å². The maximum atomic E-state index is 11.5. The van der Waals surface area contributed by atoms with Crippen molar-refractivity contribution in [2.45, 2.75) is 32.4 Å². The fraction of sp³-hybridized carbons (Fsp3) is 0.583. The normalized spacial score (nSPS) is 27.2. The molecular formula is C12H18N2O2S. The Hall–Kier alpha value is -0.940. The zero-order valence-electron chi connectivity index (χ0n) is 10.2. The van der Waals surface area contributed by atoms with Crippen LogP contribution in [0.4, 0.5) is 0 Å². The van der Waals surface area contributed by atoms with Gasteiger partial charge in [-0.15, -0.1) is 0 Å². The van der Waals surface area contributed by atoms with Crippen molar-refractivity contribution in [3.05, 3.63) is 29.6 Å². The summed E-state index contributed by atoms with van der Waals surface area (Å²) in [5.41, 5.74) is 1.81. The van der Waals surface area contributed by atoms with Crippen molar-refractivity contribution < 1.29 is 8.42 Å². The monoisotopic (exact) mass is 254 g/mol. The third-order valence-electron chi connectivity index (χ3n) is 3.30. The molecule has 1 aliphatic heterocycles. The van der Waals surface area contributed by atoms with Crippen molar-refractivity contribution >= 4 is 9.84 Å². The first-order valence-electron chi connectivity index (χ1n) is 5.76. The highest BCUT2D eigenvalue weighted by molar-refractivity contribution is 7.91. The molecule has 1 saturated heterocycles. The molecule has 1 N–H and O–H groups in total. The molecule has 0 radical (unpaired) electrons. The minimum atomic E-state index is -2.85. The van der Waals surface area contributed by atoms with Crippen molar-refractivity contribution in [3.63, 3.8) is 0 Å². The summed E-state index contributed by atoms with van der Waals surface area (Å²) in [7, 11) is -2.85. The Balaban J connectivity index is 2.02. The van der Waals surface area contributed by atoms with E-state index >= 15 is 0 Å². The lowest BCUT2D eigenvalue weighted by molar-refractivity contribution is 0.392. The van der Waals surface area contributed by atoms with E-state index in [1.807, 2.05) is 26.0 Å². The third-order valence-corrected chi connectivity index (χ3v) is 5.21. The van der Waals surface area contributed by atoms with Crippen LogP contribution in [0, 0.1) is 6.92 Å². The molecular weight excluding hydrogens is 236 g/mol. The molecule has 1 fully saturated rings. The van der Waals surface area contributed by atoms with Crippen LogP contribution in [0.5, 0.6) is 0 Å². The molecule has 1 aromatic heterocycles. The van der Waals surface area contributed by atoms with E-state index in [1.54, 1.807) is 6.20 Å². The Morgan fingerprint density at radius 3 is 2.88 bits per heavy atom. The molecule has 1 aliphatic rings. The molecule has 0 aromatic carbocycles. The number of nitrogens with one attached hydrogen (secondary N) is 1. The van der Waals surface area contributed by atoms with Gasteiger partial charge in [0.25, 0.3) is 0 Å². The average molecular weight is 254 g/mol. The van der Waals surface area contributed by atoms with E-state index < -0.39 is 9.84 Å². The van der Waals surface area contributed by atoms with Crippen molar-refractivity contribution in [2.75, 3.05) is 11.5 Å². The van der Waals surface area contributed by atoms with E-state index in [0.717, 1.165) is 11.3 Å². The quantitative estimate of drug-likeness (QED) is 0.876. The second kappa shape index (κ2) is 4.38. The summed E-state index contributed by atoms with van der Waals surface area (Å²) in [5.74, 6) is 0.517. The summed E-state index contributed by atoms with van der Waals surface area (Å²) in [5, 5.41) is 3.33. The zero-order chi connectivity index (χ0) is 12.5. The van der Waals surface area contributed by atoms with Gasteiger partial charge in [-0.1, -0.05) is 6.07 Å². The maximum Gasteiger partial charge on any atom is 0.152 e. The standard InChI is InChI=1S/C12H18N2O2S/c1-10-4-3-6-13-11(10)8-14-12(2)5-7-17(15,16)9-12/h3-4,6,14H,5,7-9H2,1-2H3. The van der Waals surface area contributed by atoms with Gasteiger partial charge in [0.15, 0.2) is 9.84 Å². The Morgan fingerprint density at radius 1 is 1.53 bits per heavy atom. The number of sulfone groups is 1. The molecule has 17 heavy (non-hydrogen) atoms. The van der Waals surface area contributed by atoms with Crippen LogP contribution in [-0.2, 0) is 16.4 Å². The first kappa shape index (κ1) is 12.5. The van der Waals surface area contributed by atoms with Gasteiger partial charge in [0.05, 0.1) is 17.2 Å². The molecule has 2 rings (SSSR count). The topological polar surface area (TPSA) is 59.1 Å². The highest BCUT2D eigenvalue weighted by Crippen LogP contribution is 2.23. The summed E-state index contributed by atoms with van der Waals surface area (Å²) < 4.78 is 22.9. The first-order chi connectivity index (χ1) is 7.90. The van der Waals surface area contributed by atoms with Crippen LogP contribution >= 0.6 is 0 Å². The largest absolute Gasteiger partial charge is 0.305 e. The van der Waals surface area contributed by atoms with E-state index in [4.69, 9.17) is 0 Å². The van der Waals surface area contributed by atoms with E-state index in [9.17, 15) is 8.42 Å². The Bertz CT molecular complexity index is 513. The number of rotatable bonds is 3. The van der Waals surface area contributed by atoms with Gasteiger partial charge in [-0.3, -0.25) is 4.98 Å². The number of hydrogen-bond donors (Lipinski definition) is 1. The lowest BCUT2D eigenvalue weighted by atomic mass is 10.0. The molecule has 94 valence electrons. The van der Waals surface area contributed by atoms with Gasteiger partial charge in [-0.25, -0.2) is 8.42 Å². The van der Waals surface area contributed by atoms with Crippen LogP contribution in [0.15, 0.2) is 18.3 Å². The fourth-order valence-corrected chi connectivity index (χ4v) is 4.27. The molecule has 2 heterocycles. The lowest BCUT2D eigenvalue weighted by Crippen LogP contribution is -2.43. The van der Waals surface area contributed by atoms with Crippen molar-refractivity contribution in [1.82, 2.24) is 10.3 Å². The number of hydrogen-bond acceptors (Lipinski definition) is 4. The maximum absolute atomic E-state index is 11.5. The van der Waals surface area contributed by atoms with Gasteiger partial charge in [0, 0.05) is 18.3 Å². The van der Waals surface area contributed by atoms with E-state index in [0.29, 0.717) is 13.0 Å². The summed E-state index contributed by atoms with van der Waals surface area (Å²) in [6.45, 7) is 4.60. The molecule has 1 unspecified atom stereocenters. The Morgan fingerprint density at radius 2 is 2.29 bits per heavy atom. The zero-order valence-corrected chi connectivity index (χ0v) is 11.0. The van der Waals surface area contributed by atoms with Crippen molar-refractivity contribution in [2.24, 2.45) is 0 Å². The molecule has 1 atom stereocenters. The van der Waals surface area contributed by atoms with Gasteiger partial charge in [0.1, 0.15) is 0 Å². The molecule has 5 heteroatoms. The van der Waals surface area contributed by atoms with E-state index in [-0.39, 0.29) is 17.0 Å². The third kappa shape index (κ3) is 3.04. The molecule has 0 spiro atoms. The molecule has 0 bridgehead atoms. The van der Waals surface area contributed by atoms with Crippen LogP contribution in [0.25, 0.3) is 0 Å². The van der Waals surface area contributed by atoms with E-state index in [1.165, 1.54) is 0 Å². The molecule has 0 amide bonds. The van der Waals surface area contributed by atoms with Crippen molar-refractivity contribution in [1.29, 1.82) is 0 Å². The summed E-state index contributed by atoms with van der Waals surface area (Å²) in [6.07, 6.45) is 2.44. The molecule has 4 nitrogen and oxygen atoms in total. The predicted octanol–water partition coefficient (Wildman–Crippen LogP) is 1.06. The second-order valence-corrected chi connectivity index (χ2v) is 7.21. The van der Waals surface area contributed by atoms with Gasteiger partial charge >= 0.3 is 0 Å². The lowest BCUT2D eigenvalue weighted by Gasteiger charge is -2.24. The predicted molar refractivity (Wildman–Crippen MR) is 67.5 cm³/mol. The van der Waals surface area contributed by atoms with Crippen LogP contribution < -0.4 is 5.32 Å². The highest BCUT2D eigenvalue weighted by Gasteiger charge is 2.37. The van der Waals surface area contributed by atoms with Gasteiger partial charge in [0.2, 0.25) is 0 Å². The number of aromatic nitrogens is 1. The number of aryl methyl sites for hydroxylation is 1. The summed E-state index contributed by atoms with van der Waals surface area (Å²) in [4.78, 5) is 4.29. The molecule has 0 saturated carbocycles. The minimum Gasteiger partial charge on any atom is -0.305 e. The number of pyridine rings is 1. The Kier molecular flexibility index (Phi) is 3.23. The first-order valence-corrected chi connectivity index (χ1v) is 7.58. The second-order valence-electron chi connectivity index (χ2n) is 5.02. The Labute approximate surface area is 102 Å². The van der Waals surface area contributed by atoms with Gasteiger partial charge in [-0.2, -0.15) is 0 Å². The average Bonchev–Trinajstić information content (AvgIpc) is 2.53. The molecule has 0 aliphatic carbocycles. The SMILES string of the molecule is Cc1cccnc1CNC1(C)CCS(=O)(=O)C1. The summed E-state index contributed by atoms with van der Waals surface area (Å²) >= 11 is 0.